The minimum atomic E-state index is -4.20. The monoisotopic (exact) mass is 522 g/mol. The van der Waals surface area contributed by atoms with Crippen LogP contribution in [0.25, 0.3) is 10.9 Å². The number of pyridine rings is 1. The van der Waals surface area contributed by atoms with Gasteiger partial charge in [0, 0.05) is 10.9 Å². The van der Waals surface area contributed by atoms with Gasteiger partial charge in [-0.05, 0) is 53.2 Å². The standard InChI is InChI=1S/C20H13BrClFN4O3S/c1-10-2-4-11(5-3-10)31(29,30)27-19-13(9-25-27)12(6-7-15(19)23)20(28)18-17(24)14(22)8-16(21)26-18/h2-9H,24H2,1H3. The number of ketones is 1. The molecule has 0 saturated carbocycles. The number of carbonyl (C=O) groups excluding carboxylic acids is 1. The van der Waals surface area contributed by atoms with Crippen LogP contribution in [0.5, 0.6) is 0 Å². The molecule has 0 bridgehead atoms. The van der Waals surface area contributed by atoms with Crippen LogP contribution < -0.4 is 5.73 Å². The van der Waals surface area contributed by atoms with Gasteiger partial charge >= 0.3 is 0 Å². The summed E-state index contributed by atoms with van der Waals surface area (Å²) in [6, 6.07) is 9.69. The van der Waals surface area contributed by atoms with Crippen LogP contribution in [0, 0.1) is 12.7 Å². The van der Waals surface area contributed by atoms with E-state index < -0.39 is 21.6 Å². The lowest BCUT2D eigenvalue weighted by molar-refractivity contribution is 0.103. The van der Waals surface area contributed by atoms with Gasteiger partial charge in [-0.3, -0.25) is 4.79 Å². The molecule has 2 aromatic carbocycles. The normalized spacial score (nSPS) is 11.7. The highest BCUT2D eigenvalue weighted by molar-refractivity contribution is 9.10. The van der Waals surface area contributed by atoms with E-state index in [1.165, 1.54) is 24.3 Å². The van der Waals surface area contributed by atoms with Gasteiger partial charge in [0.15, 0.2) is 0 Å². The second kappa shape index (κ2) is 7.70. The molecule has 2 aromatic heterocycles. The van der Waals surface area contributed by atoms with Gasteiger partial charge in [-0.15, -0.1) is 0 Å². The molecule has 2 heterocycles. The van der Waals surface area contributed by atoms with Crippen LogP contribution in [-0.4, -0.2) is 28.4 Å². The van der Waals surface area contributed by atoms with Crippen LogP contribution >= 0.6 is 27.5 Å². The predicted octanol–water partition coefficient (Wildman–Crippen LogP) is 4.34. The fourth-order valence-electron chi connectivity index (χ4n) is 3.06. The lowest BCUT2D eigenvalue weighted by atomic mass is 10.0. The van der Waals surface area contributed by atoms with E-state index in [1.54, 1.807) is 12.1 Å². The summed E-state index contributed by atoms with van der Waals surface area (Å²) in [5.41, 5.74) is 6.19. The van der Waals surface area contributed by atoms with Crippen molar-refractivity contribution in [1.82, 2.24) is 14.2 Å². The first-order valence-corrected chi connectivity index (χ1v) is 11.4. The van der Waals surface area contributed by atoms with E-state index in [4.69, 9.17) is 17.3 Å². The molecule has 11 heteroatoms. The second-order valence-corrected chi connectivity index (χ2v) is 9.67. The fraction of sp³-hybridized carbons (Fsp3) is 0.0500. The summed E-state index contributed by atoms with van der Waals surface area (Å²) in [7, 11) is -4.20. The Kier molecular flexibility index (Phi) is 5.32. The lowest BCUT2D eigenvalue weighted by Gasteiger charge is -2.09. The smallest absolute Gasteiger partial charge is 0.283 e. The van der Waals surface area contributed by atoms with Gasteiger partial charge in [-0.25, -0.2) is 9.37 Å². The molecule has 4 rings (SSSR count). The SMILES string of the molecule is Cc1ccc(S(=O)(=O)n2ncc3c(C(=O)c4nc(Br)cc(Cl)c4N)ccc(F)c32)cc1. The highest BCUT2D eigenvalue weighted by Crippen LogP contribution is 2.31. The maximum absolute atomic E-state index is 14.7. The van der Waals surface area contributed by atoms with Gasteiger partial charge in [0.05, 0.1) is 21.8 Å². The molecule has 158 valence electrons. The van der Waals surface area contributed by atoms with Crippen molar-refractivity contribution >= 4 is 59.9 Å². The van der Waals surface area contributed by atoms with Crippen molar-refractivity contribution < 1.29 is 17.6 Å². The number of anilines is 1. The number of aryl methyl sites for hydroxylation is 1. The zero-order chi connectivity index (χ0) is 22.5. The number of rotatable bonds is 4. The first-order valence-electron chi connectivity index (χ1n) is 8.76. The van der Waals surface area contributed by atoms with Crippen molar-refractivity contribution in [3.63, 3.8) is 0 Å². The van der Waals surface area contributed by atoms with Crippen LogP contribution in [0.4, 0.5) is 10.1 Å². The molecule has 0 saturated heterocycles. The van der Waals surface area contributed by atoms with Gasteiger partial charge in [0.2, 0.25) is 5.78 Å². The summed E-state index contributed by atoms with van der Waals surface area (Å²) in [4.78, 5) is 17.1. The van der Waals surface area contributed by atoms with Crippen molar-refractivity contribution in [3.8, 4) is 0 Å². The van der Waals surface area contributed by atoms with Crippen molar-refractivity contribution in [2.24, 2.45) is 0 Å². The maximum atomic E-state index is 14.7. The number of hydrogen-bond acceptors (Lipinski definition) is 6. The average molecular weight is 524 g/mol. The molecule has 0 amide bonds. The van der Waals surface area contributed by atoms with E-state index in [0.29, 0.717) is 4.09 Å². The van der Waals surface area contributed by atoms with Crippen LogP contribution in [0.2, 0.25) is 5.02 Å². The zero-order valence-electron chi connectivity index (χ0n) is 15.8. The topological polar surface area (TPSA) is 108 Å². The third-order valence-corrected chi connectivity index (χ3v) is 6.95. The van der Waals surface area contributed by atoms with Gasteiger partial charge < -0.3 is 5.73 Å². The summed E-state index contributed by atoms with van der Waals surface area (Å²) < 4.78 is 41.7. The summed E-state index contributed by atoms with van der Waals surface area (Å²) in [5, 5.41) is 3.98. The van der Waals surface area contributed by atoms with E-state index in [-0.39, 0.29) is 42.4 Å². The highest BCUT2D eigenvalue weighted by atomic mass is 79.9. The molecule has 4 aromatic rings. The predicted molar refractivity (Wildman–Crippen MR) is 118 cm³/mol. The molecule has 0 fully saturated rings. The summed E-state index contributed by atoms with van der Waals surface area (Å²) in [5.74, 6) is -1.51. The van der Waals surface area contributed by atoms with Crippen LogP contribution in [0.3, 0.4) is 0 Å². The van der Waals surface area contributed by atoms with Crippen LogP contribution in [-0.2, 0) is 10.0 Å². The molecular formula is C20H13BrClFN4O3S. The molecule has 0 aliphatic carbocycles. The Balaban J connectivity index is 1.92. The lowest BCUT2D eigenvalue weighted by Crippen LogP contribution is -2.15. The highest BCUT2D eigenvalue weighted by Gasteiger charge is 2.27. The number of halogens is 3. The van der Waals surface area contributed by atoms with Gasteiger partial charge in [-0.2, -0.15) is 17.6 Å². The minimum Gasteiger partial charge on any atom is -0.396 e. The van der Waals surface area contributed by atoms with Crippen molar-refractivity contribution in [2.75, 3.05) is 5.73 Å². The number of nitrogen functional groups attached to an aromatic ring is 1. The van der Waals surface area contributed by atoms with Crippen molar-refractivity contribution in [1.29, 1.82) is 0 Å². The Morgan fingerprint density at radius 3 is 2.55 bits per heavy atom. The molecule has 2 N–H and O–H groups in total. The fourth-order valence-corrected chi connectivity index (χ4v) is 5.07. The number of fused-ring (bicyclic) bond motifs is 1. The van der Waals surface area contributed by atoms with E-state index in [0.717, 1.165) is 17.8 Å². The summed E-state index contributed by atoms with van der Waals surface area (Å²) >= 11 is 9.19. The summed E-state index contributed by atoms with van der Waals surface area (Å²) in [6.07, 6.45) is 1.12. The van der Waals surface area contributed by atoms with Crippen molar-refractivity contribution in [2.45, 2.75) is 11.8 Å². The third kappa shape index (κ3) is 3.60. The average Bonchev–Trinajstić information content (AvgIpc) is 3.18. The number of benzene rings is 2. The van der Waals surface area contributed by atoms with E-state index in [1.807, 2.05) is 6.92 Å². The van der Waals surface area contributed by atoms with Gasteiger partial charge in [0.25, 0.3) is 10.0 Å². The molecule has 31 heavy (non-hydrogen) atoms. The van der Waals surface area contributed by atoms with Crippen LogP contribution in [0.15, 0.2) is 58.2 Å². The molecule has 0 unspecified atom stereocenters. The number of nitrogens with zero attached hydrogens (tertiary/aromatic N) is 3. The Morgan fingerprint density at radius 2 is 1.87 bits per heavy atom. The Bertz CT molecular complexity index is 1470. The number of nitrogens with two attached hydrogens (primary N) is 1. The number of aromatic nitrogens is 3. The molecule has 7 nitrogen and oxygen atoms in total. The maximum Gasteiger partial charge on any atom is 0.283 e. The largest absolute Gasteiger partial charge is 0.396 e. The Labute approximate surface area is 189 Å². The van der Waals surface area contributed by atoms with E-state index in [9.17, 15) is 17.6 Å². The number of hydrogen-bond donors (Lipinski definition) is 1. The zero-order valence-corrected chi connectivity index (χ0v) is 19.0. The van der Waals surface area contributed by atoms with Crippen LogP contribution in [0.1, 0.15) is 21.6 Å². The Hall–Kier alpha value is -2.82. The molecule has 0 aliphatic rings. The molecule has 0 atom stereocenters. The molecule has 0 radical (unpaired) electrons. The third-order valence-electron chi connectivity index (χ3n) is 4.63. The van der Waals surface area contributed by atoms with Crippen molar-refractivity contribution in [3.05, 3.63) is 80.9 Å². The first kappa shape index (κ1) is 21.4. The summed E-state index contributed by atoms with van der Waals surface area (Å²) in [6.45, 7) is 1.81. The van der Waals surface area contributed by atoms with Gasteiger partial charge in [-0.1, -0.05) is 29.3 Å². The minimum absolute atomic E-state index is 0.00187. The van der Waals surface area contributed by atoms with E-state index in [2.05, 4.69) is 26.0 Å². The van der Waals surface area contributed by atoms with Gasteiger partial charge in [0.1, 0.15) is 21.6 Å². The quantitative estimate of drug-likeness (QED) is 0.315. The molecule has 0 aliphatic heterocycles. The van der Waals surface area contributed by atoms with E-state index >= 15 is 0 Å². The first-order chi connectivity index (χ1) is 14.6. The molecule has 0 spiro atoms. The number of carbonyl (C=O) groups is 1. The molecular weight excluding hydrogens is 511 g/mol. The second-order valence-electron chi connectivity index (χ2n) is 6.68. The Morgan fingerprint density at radius 1 is 1.19 bits per heavy atom.